The predicted molar refractivity (Wildman–Crippen MR) is 76.5 cm³/mol. The van der Waals surface area contributed by atoms with Crippen molar-refractivity contribution in [2.75, 3.05) is 0 Å². The van der Waals surface area contributed by atoms with E-state index in [2.05, 4.69) is 34.6 Å². The van der Waals surface area contributed by atoms with E-state index >= 15 is 0 Å². The predicted octanol–water partition coefficient (Wildman–Crippen LogP) is 3.88. The Hall–Kier alpha value is -0.0800. The summed E-state index contributed by atoms with van der Waals surface area (Å²) >= 11 is 0. The second kappa shape index (κ2) is 4.49. The first-order chi connectivity index (χ1) is 8.19. The van der Waals surface area contributed by atoms with Gasteiger partial charge in [-0.3, -0.25) is 0 Å². The maximum Gasteiger partial charge on any atom is 0.0680 e. The fourth-order valence-corrected chi connectivity index (χ4v) is 4.43. The molecule has 0 spiro atoms. The molecule has 1 saturated heterocycles. The van der Waals surface area contributed by atoms with Gasteiger partial charge in [-0.15, -0.1) is 0 Å². The van der Waals surface area contributed by atoms with Crippen molar-refractivity contribution in [3.05, 3.63) is 0 Å². The van der Waals surface area contributed by atoms with E-state index in [1.54, 1.807) is 0 Å². The van der Waals surface area contributed by atoms with Crippen LogP contribution in [0.1, 0.15) is 73.1 Å². The minimum atomic E-state index is -0.0721. The maximum absolute atomic E-state index is 6.80. The molecule has 1 unspecified atom stereocenters. The lowest BCUT2D eigenvalue weighted by molar-refractivity contribution is -0.0846. The number of hydrogen-bond donors (Lipinski definition) is 1. The van der Waals surface area contributed by atoms with Crippen LogP contribution in [-0.2, 0) is 4.74 Å². The van der Waals surface area contributed by atoms with Crippen molar-refractivity contribution in [3.63, 3.8) is 0 Å². The van der Waals surface area contributed by atoms with Gasteiger partial charge in [0.15, 0.2) is 0 Å². The standard InChI is InChI=1S/C16H31NO/c1-6-12-7-9-16(17,10-8-12)13-11-14(2,3)18-15(13,4)5/h12-13H,6-11,17H2,1-5H3. The fourth-order valence-electron chi connectivity index (χ4n) is 4.43. The van der Waals surface area contributed by atoms with Crippen LogP contribution >= 0.6 is 0 Å². The van der Waals surface area contributed by atoms with E-state index in [-0.39, 0.29) is 16.7 Å². The van der Waals surface area contributed by atoms with Gasteiger partial charge in [0.25, 0.3) is 0 Å². The molecule has 18 heavy (non-hydrogen) atoms. The molecule has 0 radical (unpaired) electrons. The first kappa shape index (κ1) is 14.3. The zero-order chi connectivity index (χ0) is 13.6. The molecular weight excluding hydrogens is 222 g/mol. The van der Waals surface area contributed by atoms with E-state index in [4.69, 9.17) is 10.5 Å². The number of nitrogens with two attached hydrogens (primary N) is 1. The highest BCUT2D eigenvalue weighted by atomic mass is 16.5. The molecule has 1 atom stereocenters. The smallest absolute Gasteiger partial charge is 0.0680 e. The van der Waals surface area contributed by atoms with Gasteiger partial charge in [-0.05, 0) is 65.7 Å². The quantitative estimate of drug-likeness (QED) is 0.810. The second-order valence-electron chi connectivity index (χ2n) is 7.81. The number of rotatable bonds is 2. The van der Waals surface area contributed by atoms with Gasteiger partial charge in [0, 0.05) is 11.5 Å². The van der Waals surface area contributed by atoms with Gasteiger partial charge in [-0.1, -0.05) is 13.3 Å². The Balaban J connectivity index is 2.11. The zero-order valence-electron chi connectivity index (χ0n) is 12.9. The molecule has 0 aromatic carbocycles. The van der Waals surface area contributed by atoms with Crippen molar-refractivity contribution in [3.8, 4) is 0 Å². The van der Waals surface area contributed by atoms with Crippen LogP contribution in [0.4, 0.5) is 0 Å². The van der Waals surface area contributed by atoms with Gasteiger partial charge in [0.1, 0.15) is 0 Å². The molecule has 2 N–H and O–H groups in total. The van der Waals surface area contributed by atoms with Gasteiger partial charge >= 0.3 is 0 Å². The molecule has 2 aliphatic rings. The van der Waals surface area contributed by atoms with Gasteiger partial charge in [-0.25, -0.2) is 0 Å². The van der Waals surface area contributed by atoms with E-state index in [1.165, 1.54) is 32.1 Å². The summed E-state index contributed by atoms with van der Waals surface area (Å²) in [4.78, 5) is 0. The van der Waals surface area contributed by atoms with E-state index in [9.17, 15) is 0 Å². The third-order valence-corrected chi connectivity index (χ3v) is 5.38. The van der Waals surface area contributed by atoms with Crippen molar-refractivity contribution < 1.29 is 4.74 Å². The summed E-state index contributed by atoms with van der Waals surface area (Å²) in [5.41, 5.74) is 6.72. The molecule has 0 aromatic heterocycles. The highest BCUT2D eigenvalue weighted by Gasteiger charge is 2.54. The topological polar surface area (TPSA) is 35.2 Å². The third-order valence-electron chi connectivity index (χ3n) is 5.38. The Morgan fingerprint density at radius 1 is 1.11 bits per heavy atom. The normalized spacial score (nSPS) is 43.0. The van der Waals surface area contributed by atoms with Crippen molar-refractivity contribution in [1.29, 1.82) is 0 Å². The zero-order valence-corrected chi connectivity index (χ0v) is 12.9. The minimum Gasteiger partial charge on any atom is -0.369 e. The summed E-state index contributed by atoms with van der Waals surface area (Å²) in [6, 6.07) is 0. The van der Waals surface area contributed by atoms with Crippen LogP contribution in [0, 0.1) is 11.8 Å². The monoisotopic (exact) mass is 253 g/mol. The van der Waals surface area contributed by atoms with E-state index in [1.807, 2.05) is 0 Å². The molecule has 1 aliphatic heterocycles. The fraction of sp³-hybridized carbons (Fsp3) is 1.00. The minimum absolute atomic E-state index is 0.00292. The van der Waals surface area contributed by atoms with E-state index in [0.717, 1.165) is 12.3 Å². The van der Waals surface area contributed by atoms with Crippen molar-refractivity contribution in [2.24, 2.45) is 17.6 Å². The lowest BCUT2D eigenvalue weighted by Gasteiger charge is -2.45. The highest BCUT2D eigenvalue weighted by Crippen LogP contribution is 2.50. The van der Waals surface area contributed by atoms with Crippen LogP contribution in [-0.4, -0.2) is 16.7 Å². The van der Waals surface area contributed by atoms with Crippen LogP contribution in [0.3, 0.4) is 0 Å². The summed E-state index contributed by atoms with van der Waals surface area (Å²) < 4.78 is 6.24. The van der Waals surface area contributed by atoms with Gasteiger partial charge < -0.3 is 10.5 Å². The average molecular weight is 253 g/mol. The van der Waals surface area contributed by atoms with Crippen molar-refractivity contribution in [1.82, 2.24) is 0 Å². The third kappa shape index (κ3) is 2.60. The van der Waals surface area contributed by atoms with Crippen LogP contribution in [0.5, 0.6) is 0 Å². The molecule has 2 heteroatoms. The number of hydrogen-bond acceptors (Lipinski definition) is 2. The molecule has 2 nitrogen and oxygen atoms in total. The Kier molecular flexibility index (Phi) is 3.57. The lowest BCUT2D eigenvalue weighted by Crippen LogP contribution is -2.55. The van der Waals surface area contributed by atoms with Gasteiger partial charge in [-0.2, -0.15) is 0 Å². The highest BCUT2D eigenvalue weighted by molar-refractivity contribution is 5.07. The summed E-state index contributed by atoms with van der Waals surface area (Å²) in [7, 11) is 0. The van der Waals surface area contributed by atoms with Crippen LogP contribution in [0.2, 0.25) is 0 Å². The van der Waals surface area contributed by atoms with Crippen molar-refractivity contribution in [2.45, 2.75) is 89.9 Å². The summed E-state index contributed by atoms with van der Waals surface area (Å²) in [5, 5.41) is 0. The first-order valence-electron chi connectivity index (χ1n) is 7.68. The Bertz CT molecular complexity index is 300. The Morgan fingerprint density at radius 2 is 1.67 bits per heavy atom. The molecule has 106 valence electrons. The molecule has 1 heterocycles. The molecule has 1 aliphatic carbocycles. The lowest BCUT2D eigenvalue weighted by atomic mass is 9.64. The summed E-state index contributed by atoms with van der Waals surface area (Å²) in [5.74, 6) is 1.40. The van der Waals surface area contributed by atoms with E-state index in [0.29, 0.717) is 5.92 Å². The molecule has 0 aromatic rings. The maximum atomic E-state index is 6.80. The van der Waals surface area contributed by atoms with E-state index < -0.39 is 0 Å². The summed E-state index contributed by atoms with van der Waals surface area (Å²) in [6.45, 7) is 11.2. The Morgan fingerprint density at radius 3 is 2.06 bits per heavy atom. The molecule has 2 fully saturated rings. The molecule has 2 rings (SSSR count). The van der Waals surface area contributed by atoms with Crippen LogP contribution < -0.4 is 5.73 Å². The second-order valence-corrected chi connectivity index (χ2v) is 7.81. The van der Waals surface area contributed by atoms with Crippen molar-refractivity contribution >= 4 is 0 Å². The van der Waals surface area contributed by atoms with Gasteiger partial charge in [0.2, 0.25) is 0 Å². The first-order valence-corrected chi connectivity index (χ1v) is 7.68. The van der Waals surface area contributed by atoms with Crippen LogP contribution in [0.15, 0.2) is 0 Å². The largest absolute Gasteiger partial charge is 0.369 e. The number of ether oxygens (including phenoxy) is 1. The molecular formula is C16H31NO. The molecule has 0 amide bonds. The molecule has 0 bridgehead atoms. The average Bonchev–Trinajstić information content (AvgIpc) is 2.48. The molecule has 1 saturated carbocycles. The Labute approximate surface area is 113 Å². The summed E-state index contributed by atoms with van der Waals surface area (Å²) in [6.07, 6.45) is 7.39. The van der Waals surface area contributed by atoms with Gasteiger partial charge in [0.05, 0.1) is 11.2 Å². The van der Waals surface area contributed by atoms with Crippen LogP contribution in [0.25, 0.3) is 0 Å². The SMILES string of the molecule is CCC1CCC(N)(C2CC(C)(C)OC2(C)C)CC1.